The lowest BCUT2D eigenvalue weighted by Crippen LogP contribution is -2.54. The number of carbonyl (C=O) groups excluding carboxylic acids is 4. The third kappa shape index (κ3) is 3.82. The van der Waals surface area contributed by atoms with E-state index in [9.17, 15) is 24.0 Å². The van der Waals surface area contributed by atoms with Gasteiger partial charge in [-0.25, -0.2) is 4.79 Å². The van der Waals surface area contributed by atoms with Crippen LogP contribution in [0.5, 0.6) is 0 Å². The van der Waals surface area contributed by atoms with Crippen molar-refractivity contribution < 1.29 is 29.1 Å². The van der Waals surface area contributed by atoms with Crippen LogP contribution in [0, 0.1) is 5.92 Å². The van der Waals surface area contributed by atoms with Crippen LogP contribution in [0.2, 0.25) is 0 Å². The molecule has 4 heterocycles. The van der Waals surface area contributed by atoms with Crippen LogP contribution in [0.1, 0.15) is 56.8 Å². The lowest BCUT2D eigenvalue weighted by Gasteiger charge is -2.33. The molecule has 2 N–H and O–H groups in total. The minimum absolute atomic E-state index is 0.0835. The van der Waals surface area contributed by atoms with Crippen molar-refractivity contribution in [2.45, 2.75) is 38.3 Å². The zero-order chi connectivity index (χ0) is 24.0. The Morgan fingerprint density at radius 1 is 1.06 bits per heavy atom. The van der Waals surface area contributed by atoms with Gasteiger partial charge < -0.3 is 10.0 Å². The highest BCUT2D eigenvalue weighted by atomic mass is 16.4. The Hall–Kier alpha value is -4.02. The quantitative estimate of drug-likeness (QED) is 0.621. The number of hydrogen-bond donors (Lipinski definition) is 2. The van der Waals surface area contributed by atoms with E-state index in [0.717, 1.165) is 36.5 Å². The summed E-state index contributed by atoms with van der Waals surface area (Å²) in [5, 5.41) is 15.4. The number of benzene rings is 1. The number of rotatable bonds is 5. The van der Waals surface area contributed by atoms with Crippen LogP contribution in [0.25, 0.3) is 0 Å². The molecule has 3 aliphatic heterocycles. The molecule has 1 aromatic heterocycles. The normalized spacial score (nSPS) is 21.1. The molecule has 0 saturated carbocycles. The third-order valence-corrected chi connectivity index (χ3v) is 6.73. The van der Waals surface area contributed by atoms with Gasteiger partial charge in [0.25, 0.3) is 11.8 Å². The molecule has 11 nitrogen and oxygen atoms in total. The van der Waals surface area contributed by atoms with Gasteiger partial charge in [0.1, 0.15) is 6.04 Å². The second kappa shape index (κ2) is 8.40. The van der Waals surface area contributed by atoms with Crippen molar-refractivity contribution in [3.8, 4) is 0 Å². The van der Waals surface area contributed by atoms with Gasteiger partial charge in [0, 0.05) is 37.9 Å². The van der Waals surface area contributed by atoms with Crippen molar-refractivity contribution in [1.29, 1.82) is 0 Å². The molecule has 0 aliphatic carbocycles. The predicted octanol–water partition coefficient (Wildman–Crippen LogP) is 0.899. The number of piperidine rings is 2. The van der Waals surface area contributed by atoms with E-state index in [-0.39, 0.29) is 29.5 Å². The number of imide groups is 2. The lowest BCUT2D eigenvalue weighted by molar-refractivity contribution is -0.136. The molecule has 1 atom stereocenters. The van der Waals surface area contributed by atoms with Crippen molar-refractivity contribution in [2.24, 2.45) is 5.92 Å². The van der Waals surface area contributed by atoms with E-state index in [0.29, 0.717) is 12.5 Å². The number of nitrogens with one attached hydrogen (secondary N) is 1. The molecular formula is C23H23N5O6. The van der Waals surface area contributed by atoms with Gasteiger partial charge in [0.15, 0.2) is 0 Å². The highest BCUT2D eigenvalue weighted by molar-refractivity contribution is 6.23. The first-order chi connectivity index (χ1) is 16.3. The smallest absolute Gasteiger partial charge is 0.338 e. The van der Waals surface area contributed by atoms with Crippen molar-refractivity contribution in [1.82, 2.24) is 20.0 Å². The fraction of sp³-hybridized carbons (Fsp3) is 0.391. The van der Waals surface area contributed by atoms with E-state index in [1.807, 2.05) is 6.07 Å². The molecule has 11 heteroatoms. The first kappa shape index (κ1) is 21.8. The standard InChI is InChI=1S/C23H23N5O6/c29-19-4-3-18(20(30)25-19)28-21(31)16-2-1-15(9-17(16)22(28)32)26-7-5-13(6-8-26)11-27-12-14(10-24-27)23(33)34/h1-2,9-10,12-13,18H,3-8,11H2,(H,33,34)(H,25,29,30). The summed E-state index contributed by atoms with van der Waals surface area (Å²) < 4.78 is 1.66. The summed E-state index contributed by atoms with van der Waals surface area (Å²) in [5.41, 5.74) is 1.53. The van der Waals surface area contributed by atoms with E-state index in [2.05, 4.69) is 15.3 Å². The van der Waals surface area contributed by atoms with Crippen molar-refractivity contribution in [3.63, 3.8) is 0 Å². The molecule has 1 aromatic carbocycles. The molecule has 176 valence electrons. The van der Waals surface area contributed by atoms with Gasteiger partial charge in [-0.15, -0.1) is 0 Å². The predicted molar refractivity (Wildman–Crippen MR) is 117 cm³/mol. The Morgan fingerprint density at radius 3 is 2.47 bits per heavy atom. The molecule has 2 fully saturated rings. The van der Waals surface area contributed by atoms with E-state index in [4.69, 9.17) is 5.11 Å². The molecule has 0 radical (unpaired) electrons. The van der Waals surface area contributed by atoms with Gasteiger partial charge >= 0.3 is 5.97 Å². The summed E-state index contributed by atoms with van der Waals surface area (Å²) >= 11 is 0. The summed E-state index contributed by atoms with van der Waals surface area (Å²) in [6, 6.07) is 4.16. The van der Waals surface area contributed by atoms with Crippen LogP contribution >= 0.6 is 0 Å². The van der Waals surface area contributed by atoms with E-state index in [1.54, 1.807) is 16.8 Å². The lowest BCUT2D eigenvalue weighted by atomic mass is 9.96. The van der Waals surface area contributed by atoms with Crippen LogP contribution < -0.4 is 10.2 Å². The fourth-order valence-corrected chi connectivity index (χ4v) is 4.87. The van der Waals surface area contributed by atoms with Gasteiger partial charge in [-0.1, -0.05) is 0 Å². The van der Waals surface area contributed by atoms with E-state index < -0.39 is 35.6 Å². The maximum atomic E-state index is 13.0. The van der Waals surface area contributed by atoms with Crippen LogP contribution in [-0.2, 0) is 16.1 Å². The number of nitrogens with zero attached hydrogens (tertiary/aromatic N) is 4. The number of carbonyl (C=O) groups is 5. The number of anilines is 1. The first-order valence-corrected chi connectivity index (χ1v) is 11.2. The third-order valence-electron chi connectivity index (χ3n) is 6.73. The molecular weight excluding hydrogens is 442 g/mol. The van der Waals surface area contributed by atoms with Gasteiger partial charge in [-0.2, -0.15) is 5.10 Å². The maximum Gasteiger partial charge on any atom is 0.338 e. The first-order valence-electron chi connectivity index (χ1n) is 11.2. The topological polar surface area (TPSA) is 142 Å². The van der Waals surface area contributed by atoms with Crippen LogP contribution in [0.15, 0.2) is 30.6 Å². The molecule has 2 aromatic rings. The molecule has 2 saturated heterocycles. The Bertz CT molecular complexity index is 1210. The highest BCUT2D eigenvalue weighted by Gasteiger charge is 2.44. The van der Waals surface area contributed by atoms with Gasteiger partial charge in [0.05, 0.1) is 22.9 Å². The van der Waals surface area contributed by atoms with Crippen molar-refractivity contribution in [3.05, 3.63) is 47.3 Å². The Labute approximate surface area is 194 Å². The largest absolute Gasteiger partial charge is 0.478 e. The van der Waals surface area contributed by atoms with Crippen molar-refractivity contribution in [2.75, 3.05) is 18.0 Å². The van der Waals surface area contributed by atoms with Gasteiger partial charge in [0.2, 0.25) is 11.8 Å². The SMILES string of the molecule is O=C1CCC(N2C(=O)c3ccc(N4CCC(Cn5cc(C(=O)O)cn5)CC4)cc3C2=O)C(=O)N1. The summed E-state index contributed by atoms with van der Waals surface area (Å²) in [4.78, 5) is 63.7. The molecule has 4 amide bonds. The number of fused-ring (bicyclic) bond motifs is 1. The second-order valence-electron chi connectivity index (χ2n) is 8.86. The number of carboxylic acid groups (broad SMARTS) is 1. The Morgan fingerprint density at radius 2 is 1.79 bits per heavy atom. The van der Waals surface area contributed by atoms with Crippen molar-refractivity contribution >= 4 is 35.3 Å². The molecule has 3 aliphatic rings. The Balaban J connectivity index is 1.25. The minimum atomic E-state index is -0.998. The number of aromatic nitrogens is 2. The monoisotopic (exact) mass is 465 g/mol. The maximum absolute atomic E-state index is 13.0. The number of aromatic carboxylic acids is 1. The molecule has 5 rings (SSSR count). The number of hydrogen-bond acceptors (Lipinski definition) is 7. The van der Waals surface area contributed by atoms with Crippen LogP contribution in [0.3, 0.4) is 0 Å². The average molecular weight is 465 g/mol. The van der Waals surface area contributed by atoms with E-state index >= 15 is 0 Å². The number of carboxylic acids is 1. The highest BCUT2D eigenvalue weighted by Crippen LogP contribution is 2.32. The van der Waals surface area contributed by atoms with Gasteiger partial charge in [-0.3, -0.25) is 34.1 Å². The van der Waals surface area contributed by atoms with E-state index in [1.165, 1.54) is 12.4 Å². The second-order valence-corrected chi connectivity index (χ2v) is 8.86. The summed E-state index contributed by atoms with van der Waals surface area (Å²) in [5.74, 6) is -2.71. The average Bonchev–Trinajstić information content (AvgIpc) is 3.38. The number of amides is 4. The molecule has 0 spiro atoms. The fourth-order valence-electron chi connectivity index (χ4n) is 4.87. The van der Waals surface area contributed by atoms with Crippen LogP contribution in [-0.4, -0.2) is 68.5 Å². The molecule has 1 unspecified atom stereocenters. The molecule has 0 bridgehead atoms. The summed E-state index contributed by atoms with van der Waals surface area (Å²) in [6.07, 6.45) is 4.83. The molecule has 34 heavy (non-hydrogen) atoms. The minimum Gasteiger partial charge on any atom is -0.478 e. The zero-order valence-electron chi connectivity index (χ0n) is 18.3. The van der Waals surface area contributed by atoms with Crippen LogP contribution in [0.4, 0.5) is 5.69 Å². The summed E-state index contributed by atoms with van der Waals surface area (Å²) in [7, 11) is 0. The summed E-state index contributed by atoms with van der Waals surface area (Å²) in [6.45, 7) is 2.13. The Kier molecular flexibility index (Phi) is 5.39. The van der Waals surface area contributed by atoms with Gasteiger partial charge in [-0.05, 0) is 43.4 Å². The zero-order valence-corrected chi connectivity index (χ0v) is 18.3.